The minimum atomic E-state index is -0.984. The number of rotatable bonds is 25. The Morgan fingerprint density at radius 1 is 0.717 bits per heavy atom. The Morgan fingerprint density at radius 2 is 1.15 bits per heavy atom. The first kappa shape index (κ1) is 41.0. The van der Waals surface area contributed by atoms with Crippen LogP contribution in [0.3, 0.4) is 0 Å². The maximum absolute atomic E-state index is 13.0. The monoisotopic (exact) mass is 692 g/mol. The third-order valence-corrected chi connectivity index (χ3v) is 7.92. The van der Waals surface area contributed by atoms with E-state index in [9.17, 15) is 33.6 Å². The zero-order valence-electron chi connectivity index (χ0n) is 26.8. The van der Waals surface area contributed by atoms with Crippen LogP contribution in [0, 0.1) is 5.92 Å². The van der Waals surface area contributed by atoms with Crippen LogP contribution in [0.4, 0.5) is 0 Å². The van der Waals surface area contributed by atoms with Gasteiger partial charge in [0, 0.05) is 23.8 Å². The Morgan fingerprint density at radius 3 is 1.57 bits per heavy atom. The summed E-state index contributed by atoms with van der Waals surface area (Å²) in [7, 11) is 0. The molecule has 0 aromatic carbocycles. The molecule has 0 spiro atoms. The number of thiol groups is 1. The van der Waals surface area contributed by atoms with Crippen LogP contribution >= 0.6 is 24.4 Å². The quantitative estimate of drug-likeness (QED) is 0.0631. The third kappa shape index (κ3) is 16.0. The molecule has 0 radical (unpaired) electrons. The molecule has 0 aliphatic heterocycles. The van der Waals surface area contributed by atoms with E-state index < -0.39 is 35.0 Å². The van der Waals surface area contributed by atoms with Crippen LogP contribution in [0.25, 0.3) is 0 Å². The summed E-state index contributed by atoms with van der Waals surface area (Å²) < 4.78 is 22.7. The van der Waals surface area contributed by atoms with E-state index in [-0.39, 0.29) is 83.4 Å². The first-order chi connectivity index (χ1) is 22.1. The average Bonchev–Trinajstić information content (AvgIpc) is 3.02. The van der Waals surface area contributed by atoms with Crippen LogP contribution in [-0.2, 0) is 57.8 Å². The lowest BCUT2D eigenvalue weighted by Gasteiger charge is -2.14. The summed E-state index contributed by atoms with van der Waals surface area (Å²) in [6.07, 6.45) is 4.45. The molecule has 0 amide bonds. The van der Waals surface area contributed by atoms with Crippen molar-refractivity contribution in [2.24, 2.45) is 11.7 Å². The van der Waals surface area contributed by atoms with Crippen LogP contribution in [0.2, 0.25) is 0 Å². The van der Waals surface area contributed by atoms with E-state index in [2.05, 4.69) is 26.5 Å². The molecule has 15 nitrogen and oxygen atoms in total. The molecule has 17 heteroatoms. The number of nitrogens with zero attached hydrogens (tertiary/aromatic N) is 3. The molecule has 1 heterocycles. The maximum atomic E-state index is 13.0. The highest BCUT2D eigenvalue weighted by molar-refractivity contribution is 7.99. The van der Waals surface area contributed by atoms with Crippen molar-refractivity contribution < 1.29 is 38.1 Å². The van der Waals surface area contributed by atoms with Gasteiger partial charge in [-0.3, -0.25) is 19.2 Å². The van der Waals surface area contributed by atoms with Gasteiger partial charge in [0.15, 0.2) is 0 Å². The highest BCUT2D eigenvalue weighted by atomic mass is 32.2. The van der Waals surface area contributed by atoms with Gasteiger partial charge in [-0.25, -0.2) is 28.1 Å². The van der Waals surface area contributed by atoms with E-state index in [0.717, 1.165) is 30.3 Å². The van der Waals surface area contributed by atoms with E-state index in [1.165, 1.54) is 11.8 Å². The molecule has 1 atom stereocenters. The Balaban J connectivity index is 2.70. The van der Waals surface area contributed by atoms with Crippen molar-refractivity contribution in [1.82, 2.24) is 13.7 Å². The summed E-state index contributed by atoms with van der Waals surface area (Å²) in [4.78, 5) is 86.6. The maximum Gasteiger partial charge on any atom is 0.336 e. The number of hydrogen-bond donors (Lipinski definition) is 2. The van der Waals surface area contributed by atoms with Crippen LogP contribution < -0.4 is 22.8 Å². The second-order valence-corrected chi connectivity index (χ2v) is 11.9. The van der Waals surface area contributed by atoms with Crippen molar-refractivity contribution in [3.8, 4) is 0 Å². The number of nitrogens with two attached hydrogens (primary N) is 1. The van der Waals surface area contributed by atoms with E-state index in [1.807, 2.05) is 0 Å². The fourth-order valence-corrected chi connectivity index (χ4v) is 5.04. The Bertz CT molecular complexity index is 1220. The zero-order chi connectivity index (χ0) is 34.3. The number of esters is 4. The van der Waals surface area contributed by atoms with Crippen molar-refractivity contribution in [3.63, 3.8) is 0 Å². The Labute approximate surface area is 277 Å². The molecule has 262 valence electrons. The topological polar surface area (TPSA) is 197 Å². The molecular formula is C29H48N4O11S2. The Hall–Kier alpha value is -3.05. The van der Waals surface area contributed by atoms with Gasteiger partial charge >= 0.3 is 40.9 Å². The smallest absolute Gasteiger partial charge is 0.336 e. The molecule has 2 N–H and O–H groups in total. The van der Waals surface area contributed by atoms with Gasteiger partial charge in [0.1, 0.15) is 19.8 Å². The first-order valence-electron chi connectivity index (χ1n) is 15.5. The molecule has 0 bridgehead atoms. The molecule has 1 rings (SSSR count). The first-order valence-corrected chi connectivity index (χ1v) is 17.3. The molecule has 1 unspecified atom stereocenters. The predicted octanol–water partition coefficient (Wildman–Crippen LogP) is 0.743. The molecule has 0 saturated carbocycles. The van der Waals surface area contributed by atoms with Gasteiger partial charge < -0.3 is 24.7 Å². The van der Waals surface area contributed by atoms with Gasteiger partial charge in [0.2, 0.25) is 0 Å². The van der Waals surface area contributed by atoms with Crippen LogP contribution in [0.15, 0.2) is 14.4 Å². The van der Waals surface area contributed by atoms with Crippen molar-refractivity contribution in [2.45, 2.75) is 84.8 Å². The van der Waals surface area contributed by atoms with Crippen molar-refractivity contribution in [1.29, 1.82) is 0 Å². The van der Waals surface area contributed by atoms with Crippen LogP contribution in [0.5, 0.6) is 0 Å². The molecular weight excluding hydrogens is 644 g/mol. The van der Waals surface area contributed by atoms with Gasteiger partial charge in [-0.1, -0.05) is 33.1 Å². The summed E-state index contributed by atoms with van der Waals surface area (Å²) >= 11 is 5.34. The summed E-state index contributed by atoms with van der Waals surface area (Å²) in [5.41, 5.74) is 2.37. The standard InChI is InChI=1S/C29H48N4O11S2/c1-3-5-6-22(4-2)21-44-26(37)10-20-46-19-9-25(36)43-17-14-33-28(39)31(12-15-41-23(34)7-11-30)27(38)32(29(33)40)13-16-42-24(35)8-18-45/h22,45H,3-21,30H2,1-2H3. The lowest BCUT2D eigenvalue weighted by molar-refractivity contribution is -0.145. The van der Waals surface area contributed by atoms with Gasteiger partial charge in [0.25, 0.3) is 0 Å². The SMILES string of the molecule is CCCCC(CC)COC(=O)CCSCCC(=O)OCCn1c(=O)n(CCOC(=O)CCN)c(=O)n(CCOC(=O)CCS)c1=O. The zero-order valence-corrected chi connectivity index (χ0v) is 28.5. The predicted molar refractivity (Wildman–Crippen MR) is 175 cm³/mol. The summed E-state index contributed by atoms with van der Waals surface area (Å²) in [6.45, 7) is 2.67. The highest BCUT2D eigenvalue weighted by Crippen LogP contribution is 2.14. The fourth-order valence-electron chi connectivity index (χ4n) is 4.03. The Kier molecular flexibility index (Phi) is 21.5. The number of thioether (sulfide) groups is 1. The number of aromatic nitrogens is 3. The third-order valence-electron chi connectivity index (χ3n) is 6.71. The number of carbonyl (C=O) groups excluding carboxylic acids is 4. The lowest BCUT2D eigenvalue weighted by atomic mass is 10.0. The number of hydrogen-bond acceptors (Lipinski definition) is 14. The largest absolute Gasteiger partial charge is 0.465 e. The number of unbranched alkanes of at least 4 members (excludes halogenated alkanes) is 1. The molecule has 1 aromatic rings. The van der Waals surface area contributed by atoms with Gasteiger partial charge in [-0.15, -0.1) is 0 Å². The second-order valence-electron chi connectivity index (χ2n) is 10.2. The molecule has 0 aliphatic rings. The average molecular weight is 693 g/mol. The van der Waals surface area contributed by atoms with Crippen molar-refractivity contribution in [3.05, 3.63) is 31.5 Å². The molecule has 0 saturated heterocycles. The van der Waals surface area contributed by atoms with Crippen molar-refractivity contribution in [2.75, 3.05) is 50.2 Å². The normalized spacial score (nSPS) is 11.6. The van der Waals surface area contributed by atoms with Gasteiger partial charge in [-0.2, -0.15) is 24.4 Å². The second kappa shape index (κ2) is 24.2. The van der Waals surface area contributed by atoms with E-state index in [0.29, 0.717) is 33.2 Å². The van der Waals surface area contributed by atoms with Crippen LogP contribution in [0.1, 0.15) is 65.2 Å². The molecule has 46 heavy (non-hydrogen) atoms. The van der Waals surface area contributed by atoms with Crippen LogP contribution in [-0.4, -0.2) is 87.8 Å². The fraction of sp³-hybridized carbons (Fsp3) is 0.759. The van der Waals surface area contributed by atoms with E-state index in [1.54, 1.807) is 0 Å². The number of carbonyl (C=O) groups is 4. The summed E-state index contributed by atoms with van der Waals surface area (Å²) in [5, 5.41) is 0. The minimum Gasteiger partial charge on any atom is -0.465 e. The van der Waals surface area contributed by atoms with E-state index >= 15 is 0 Å². The number of ether oxygens (including phenoxy) is 4. The minimum absolute atomic E-state index is 0.0327. The summed E-state index contributed by atoms with van der Waals surface area (Å²) in [5.74, 6) is -0.526. The molecule has 1 aromatic heterocycles. The van der Waals surface area contributed by atoms with Crippen molar-refractivity contribution >= 4 is 48.3 Å². The van der Waals surface area contributed by atoms with Gasteiger partial charge in [0.05, 0.1) is 51.9 Å². The molecule has 0 aliphatic carbocycles. The lowest BCUT2D eigenvalue weighted by Crippen LogP contribution is -2.55. The summed E-state index contributed by atoms with van der Waals surface area (Å²) in [6, 6.07) is 0. The van der Waals surface area contributed by atoms with E-state index in [4.69, 9.17) is 24.7 Å². The molecule has 0 fully saturated rings. The highest BCUT2D eigenvalue weighted by Gasteiger charge is 2.17. The van der Waals surface area contributed by atoms with Gasteiger partial charge in [-0.05, 0) is 12.3 Å².